The summed E-state index contributed by atoms with van der Waals surface area (Å²) in [6.07, 6.45) is 5.49. The molecule has 3 N–H and O–H groups in total. The fourth-order valence-corrected chi connectivity index (χ4v) is 3.62. The van der Waals surface area contributed by atoms with Crippen molar-refractivity contribution in [1.82, 2.24) is 0 Å². The van der Waals surface area contributed by atoms with E-state index in [2.05, 4.69) is 29.2 Å². The predicted octanol–water partition coefficient (Wildman–Crippen LogP) is 3.15. The van der Waals surface area contributed by atoms with Gasteiger partial charge in [-0.25, -0.2) is 0 Å². The maximum atomic E-state index is 11.0. The second-order valence-corrected chi connectivity index (χ2v) is 6.47. The van der Waals surface area contributed by atoms with E-state index in [1.54, 1.807) is 6.92 Å². The van der Waals surface area contributed by atoms with Gasteiger partial charge in [-0.15, -0.1) is 0 Å². The zero-order valence-electron chi connectivity index (χ0n) is 11.4. The Hall–Kier alpha value is -1.16. The van der Waals surface area contributed by atoms with E-state index in [-0.39, 0.29) is 11.9 Å². The summed E-state index contributed by atoms with van der Waals surface area (Å²) in [5.74, 6) is 0.719. The Morgan fingerprint density at radius 1 is 1.47 bits per heavy atom. The lowest BCUT2D eigenvalue weighted by Gasteiger charge is -2.13. The Morgan fingerprint density at radius 2 is 2.21 bits per heavy atom. The molecule has 0 aromatic heterocycles. The van der Waals surface area contributed by atoms with Crippen molar-refractivity contribution in [3.8, 4) is 0 Å². The summed E-state index contributed by atoms with van der Waals surface area (Å²) in [6, 6.07) is 7.92. The number of amides is 1. The van der Waals surface area contributed by atoms with Crippen LogP contribution in [0.4, 0.5) is 5.69 Å². The number of anilines is 1. The number of rotatable bonds is 6. The maximum Gasteiger partial charge on any atom is 0.239 e. The molecule has 104 valence electrons. The third-order valence-electron chi connectivity index (χ3n) is 3.52. The van der Waals surface area contributed by atoms with Gasteiger partial charge in [0, 0.05) is 16.7 Å². The molecule has 1 amide bonds. The van der Waals surface area contributed by atoms with Crippen molar-refractivity contribution in [2.24, 2.45) is 5.73 Å². The van der Waals surface area contributed by atoms with Crippen molar-refractivity contribution in [3.05, 3.63) is 29.8 Å². The van der Waals surface area contributed by atoms with E-state index in [9.17, 15) is 4.79 Å². The van der Waals surface area contributed by atoms with E-state index in [4.69, 9.17) is 5.73 Å². The maximum absolute atomic E-state index is 11.0. The van der Waals surface area contributed by atoms with Crippen LogP contribution in [0.15, 0.2) is 24.3 Å². The second kappa shape index (κ2) is 6.85. The summed E-state index contributed by atoms with van der Waals surface area (Å²) in [4.78, 5) is 11.0. The fraction of sp³-hybridized carbons (Fsp3) is 0.533. The highest BCUT2D eigenvalue weighted by Gasteiger charge is 2.15. The summed E-state index contributed by atoms with van der Waals surface area (Å²) in [5, 5.41) is 3.96. The average molecular weight is 278 g/mol. The van der Waals surface area contributed by atoms with Crippen molar-refractivity contribution in [2.75, 3.05) is 5.32 Å². The first-order valence-electron chi connectivity index (χ1n) is 6.91. The fourth-order valence-electron chi connectivity index (χ4n) is 2.34. The van der Waals surface area contributed by atoms with E-state index in [1.807, 2.05) is 12.1 Å². The molecule has 1 saturated carbocycles. The van der Waals surface area contributed by atoms with E-state index >= 15 is 0 Å². The van der Waals surface area contributed by atoms with Crippen LogP contribution in [0.3, 0.4) is 0 Å². The molecule has 0 bridgehead atoms. The molecule has 1 aromatic rings. The van der Waals surface area contributed by atoms with Crippen LogP contribution in [-0.4, -0.2) is 17.2 Å². The lowest BCUT2D eigenvalue weighted by molar-refractivity contribution is -0.118. The molecule has 1 unspecified atom stereocenters. The monoisotopic (exact) mass is 278 g/mol. The molecule has 1 aromatic carbocycles. The summed E-state index contributed by atoms with van der Waals surface area (Å²) >= 11 is 2.05. The predicted molar refractivity (Wildman–Crippen MR) is 82.3 cm³/mol. The summed E-state index contributed by atoms with van der Waals surface area (Å²) in [7, 11) is 0. The minimum atomic E-state index is -0.335. The quantitative estimate of drug-likeness (QED) is 0.840. The Labute approximate surface area is 119 Å². The zero-order valence-corrected chi connectivity index (χ0v) is 12.2. The van der Waals surface area contributed by atoms with Crippen molar-refractivity contribution in [3.63, 3.8) is 0 Å². The lowest BCUT2D eigenvalue weighted by atomic mass is 10.2. The first-order valence-corrected chi connectivity index (χ1v) is 7.96. The minimum absolute atomic E-state index is 0.328. The molecule has 1 fully saturated rings. The summed E-state index contributed by atoms with van der Waals surface area (Å²) in [5.41, 5.74) is 7.53. The normalized spacial score (nSPS) is 17.3. The number of carbonyl (C=O) groups excluding carboxylic acids is 1. The molecule has 1 aliphatic carbocycles. The van der Waals surface area contributed by atoms with Gasteiger partial charge in [-0.3, -0.25) is 4.79 Å². The third kappa shape index (κ3) is 4.46. The minimum Gasteiger partial charge on any atom is -0.374 e. The first kappa shape index (κ1) is 14.3. The third-order valence-corrected chi connectivity index (χ3v) is 4.97. The van der Waals surface area contributed by atoms with Crippen LogP contribution in [-0.2, 0) is 10.5 Å². The van der Waals surface area contributed by atoms with E-state index < -0.39 is 0 Å². The highest BCUT2D eigenvalue weighted by Crippen LogP contribution is 2.31. The van der Waals surface area contributed by atoms with Crippen LogP contribution >= 0.6 is 11.8 Å². The second-order valence-electron chi connectivity index (χ2n) is 5.19. The van der Waals surface area contributed by atoms with Crippen molar-refractivity contribution in [2.45, 2.75) is 49.7 Å². The number of benzene rings is 1. The molecular formula is C15H22N2OS. The molecule has 19 heavy (non-hydrogen) atoms. The molecule has 0 saturated heterocycles. The zero-order chi connectivity index (χ0) is 13.7. The highest BCUT2D eigenvalue weighted by atomic mass is 32.2. The number of primary amides is 1. The van der Waals surface area contributed by atoms with Gasteiger partial charge in [0.1, 0.15) is 6.04 Å². The Morgan fingerprint density at radius 3 is 2.89 bits per heavy atom. The molecule has 0 radical (unpaired) electrons. The van der Waals surface area contributed by atoms with Crippen LogP contribution in [0.25, 0.3) is 0 Å². The van der Waals surface area contributed by atoms with Gasteiger partial charge in [0.25, 0.3) is 0 Å². The van der Waals surface area contributed by atoms with Gasteiger partial charge in [0.15, 0.2) is 0 Å². The SMILES string of the molecule is CC(Nc1cccc(CSC2CCCC2)c1)C(N)=O. The van der Waals surface area contributed by atoms with Gasteiger partial charge in [0.2, 0.25) is 5.91 Å². The van der Waals surface area contributed by atoms with Crippen LogP contribution in [0.1, 0.15) is 38.2 Å². The number of nitrogens with two attached hydrogens (primary N) is 1. The number of carbonyl (C=O) groups is 1. The highest BCUT2D eigenvalue weighted by molar-refractivity contribution is 7.99. The van der Waals surface area contributed by atoms with E-state index in [0.717, 1.165) is 16.7 Å². The lowest BCUT2D eigenvalue weighted by Crippen LogP contribution is -2.32. The van der Waals surface area contributed by atoms with Crippen LogP contribution < -0.4 is 11.1 Å². The van der Waals surface area contributed by atoms with E-state index in [0.29, 0.717) is 0 Å². The molecule has 3 nitrogen and oxygen atoms in total. The number of thioether (sulfide) groups is 1. The Bertz CT molecular complexity index is 430. The number of hydrogen-bond acceptors (Lipinski definition) is 3. The molecule has 2 rings (SSSR count). The van der Waals surface area contributed by atoms with Crippen LogP contribution in [0.5, 0.6) is 0 Å². The van der Waals surface area contributed by atoms with Crippen LogP contribution in [0, 0.1) is 0 Å². The van der Waals surface area contributed by atoms with Gasteiger partial charge in [-0.1, -0.05) is 25.0 Å². The van der Waals surface area contributed by atoms with Crippen LogP contribution in [0.2, 0.25) is 0 Å². The summed E-state index contributed by atoms with van der Waals surface area (Å²) in [6.45, 7) is 1.78. The molecule has 1 aliphatic rings. The summed E-state index contributed by atoms with van der Waals surface area (Å²) < 4.78 is 0. The molecule has 0 aliphatic heterocycles. The van der Waals surface area contributed by atoms with Crippen molar-refractivity contribution >= 4 is 23.4 Å². The van der Waals surface area contributed by atoms with Gasteiger partial charge < -0.3 is 11.1 Å². The topological polar surface area (TPSA) is 55.1 Å². The van der Waals surface area contributed by atoms with Crippen molar-refractivity contribution in [1.29, 1.82) is 0 Å². The smallest absolute Gasteiger partial charge is 0.239 e. The van der Waals surface area contributed by atoms with Crippen molar-refractivity contribution < 1.29 is 4.79 Å². The standard InChI is InChI=1S/C15H22N2OS/c1-11(15(16)18)17-13-6-4-5-12(9-13)10-19-14-7-2-3-8-14/h4-6,9,11,14,17H,2-3,7-8,10H2,1H3,(H2,16,18). The number of nitrogens with one attached hydrogen (secondary N) is 1. The van der Waals surface area contributed by atoms with E-state index in [1.165, 1.54) is 31.2 Å². The molecule has 0 spiro atoms. The Kier molecular flexibility index (Phi) is 5.14. The van der Waals surface area contributed by atoms with Gasteiger partial charge in [-0.05, 0) is 37.5 Å². The largest absolute Gasteiger partial charge is 0.374 e. The first-order chi connectivity index (χ1) is 9.15. The molecule has 4 heteroatoms. The number of hydrogen-bond donors (Lipinski definition) is 2. The van der Waals surface area contributed by atoms with Gasteiger partial charge in [-0.2, -0.15) is 11.8 Å². The van der Waals surface area contributed by atoms with Gasteiger partial charge in [0.05, 0.1) is 0 Å². The Balaban J connectivity index is 1.88. The molecule has 1 atom stereocenters. The molecular weight excluding hydrogens is 256 g/mol. The average Bonchev–Trinajstić information content (AvgIpc) is 2.90. The molecule has 0 heterocycles. The van der Waals surface area contributed by atoms with Gasteiger partial charge >= 0.3 is 0 Å².